The highest BCUT2D eigenvalue weighted by Gasteiger charge is 2.16. The lowest BCUT2D eigenvalue weighted by Gasteiger charge is -2.12. The molecule has 1 amide bonds. The van der Waals surface area contributed by atoms with Gasteiger partial charge in [0.05, 0.1) is 16.2 Å². The van der Waals surface area contributed by atoms with E-state index in [0.717, 1.165) is 0 Å². The van der Waals surface area contributed by atoms with E-state index in [4.69, 9.17) is 11.6 Å². The van der Waals surface area contributed by atoms with Crippen LogP contribution in [0.4, 0.5) is 5.69 Å². The van der Waals surface area contributed by atoms with Gasteiger partial charge in [-0.2, -0.15) is 0 Å². The Bertz CT molecular complexity index is 1050. The molecule has 0 bridgehead atoms. The number of rotatable bonds is 5. The molecule has 3 aromatic rings. The van der Waals surface area contributed by atoms with Crippen molar-refractivity contribution < 1.29 is 4.79 Å². The van der Waals surface area contributed by atoms with E-state index < -0.39 is 5.69 Å². The number of aromatic nitrogens is 2. The first-order valence-electron chi connectivity index (χ1n) is 7.78. The van der Waals surface area contributed by atoms with Crippen molar-refractivity contribution in [3.63, 3.8) is 0 Å². The SMILES string of the molecule is CCCn1c(=O)c2sccc2n(CC(=O)Nc2ccccc2Cl)c1=O. The van der Waals surface area contributed by atoms with Gasteiger partial charge in [0.25, 0.3) is 5.56 Å². The van der Waals surface area contributed by atoms with E-state index >= 15 is 0 Å². The number of amides is 1. The molecule has 0 saturated heterocycles. The molecule has 0 saturated carbocycles. The van der Waals surface area contributed by atoms with Gasteiger partial charge in [0.1, 0.15) is 11.2 Å². The van der Waals surface area contributed by atoms with Crippen LogP contribution >= 0.6 is 22.9 Å². The van der Waals surface area contributed by atoms with Crippen molar-refractivity contribution in [3.8, 4) is 0 Å². The van der Waals surface area contributed by atoms with Gasteiger partial charge in [0.2, 0.25) is 5.91 Å². The molecule has 0 aliphatic rings. The minimum atomic E-state index is -0.480. The maximum absolute atomic E-state index is 12.7. The fourth-order valence-corrected chi connectivity index (χ4v) is 3.63. The van der Waals surface area contributed by atoms with Gasteiger partial charge >= 0.3 is 5.69 Å². The van der Waals surface area contributed by atoms with Gasteiger partial charge in [0.15, 0.2) is 0 Å². The Hall–Kier alpha value is -2.38. The smallest absolute Gasteiger partial charge is 0.323 e. The van der Waals surface area contributed by atoms with Crippen LogP contribution in [-0.2, 0) is 17.9 Å². The van der Waals surface area contributed by atoms with Crippen LogP contribution < -0.4 is 16.6 Å². The molecule has 6 nitrogen and oxygen atoms in total. The molecule has 0 aliphatic heterocycles. The third-order valence-electron chi connectivity index (χ3n) is 3.73. The van der Waals surface area contributed by atoms with E-state index in [1.54, 1.807) is 35.7 Å². The zero-order valence-electron chi connectivity index (χ0n) is 13.5. The Balaban J connectivity index is 2.00. The van der Waals surface area contributed by atoms with Crippen LogP contribution in [0.1, 0.15) is 13.3 Å². The summed E-state index contributed by atoms with van der Waals surface area (Å²) in [4.78, 5) is 37.5. The van der Waals surface area contributed by atoms with Gasteiger partial charge < -0.3 is 5.32 Å². The van der Waals surface area contributed by atoms with E-state index in [1.807, 2.05) is 6.92 Å². The Morgan fingerprint density at radius 3 is 2.68 bits per heavy atom. The number of thiophene rings is 1. The number of carbonyl (C=O) groups is 1. The number of nitrogens with zero attached hydrogens (tertiary/aromatic N) is 2. The number of nitrogens with one attached hydrogen (secondary N) is 1. The molecule has 0 unspecified atom stereocenters. The molecule has 0 atom stereocenters. The number of benzene rings is 1. The van der Waals surface area contributed by atoms with E-state index in [9.17, 15) is 14.4 Å². The van der Waals surface area contributed by atoms with Gasteiger partial charge in [-0.1, -0.05) is 30.7 Å². The van der Waals surface area contributed by atoms with Crippen molar-refractivity contribution in [2.45, 2.75) is 26.4 Å². The zero-order valence-corrected chi connectivity index (χ0v) is 15.1. The summed E-state index contributed by atoms with van der Waals surface area (Å²) in [6.07, 6.45) is 0.651. The average Bonchev–Trinajstić information content (AvgIpc) is 3.07. The quantitative estimate of drug-likeness (QED) is 0.743. The Kier molecular flexibility index (Phi) is 5.06. The molecular formula is C17H16ClN3O3S. The predicted octanol–water partition coefficient (Wildman–Crippen LogP) is 2.93. The van der Waals surface area contributed by atoms with Gasteiger partial charge in [-0.05, 0) is 30.0 Å². The largest absolute Gasteiger partial charge is 0.332 e. The lowest BCUT2D eigenvalue weighted by Crippen LogP contribution is -2.41. The number of hydrogen-bond donors (Lipinski definition) is 1. The van der Waals surface area contributed by atoms with Crippen LogP contribution in [0.5, 0.6) is 0 Å². The molecule has 0 fully saturated rings. The molecule has 0 spiro atoms. The normalized spacial score (nSPS) is 11.0. The summed E-state index contributed by atoms with van der Waals surface area (Å²) in [5.41, 5.74) is 0.166. The molecule has 8 heteroatoms. The van der Waals surface area contributed by atoms with Gasteiger partial charge in [-0.15, -0.1) is 11.3 Å². The van der Waals surface area contributed by atoms with Gasteiger partial charge in [-0.3, -0.25) is 18.7 Å². The molecule has 0 radical (unpaired) electrons. The summed E-state index contributed by atoms with van der Waals surface area (Å²) in [5.74, 6) is -0.385. The maximum Gasteiger partial charge on any atom is 0.332 e. The van der Waals surface area contributed by atoms with Crippen LogP contribution in [0, 0.1) is 0 Å². The van der Waals surface area contributed by atoms with Crippen LogP contribution in [0.25, 0.3) is 10.2 Å². The molecule has 1 N–H and O–H groups in total. The van der Waals surface area contributed by atoms with Crippen molar-refractivity contribution >= 4 is 44.7 Å². The fraction of sp³-hybridized carbons (Fsp3) is 0.235. The minimum Gasteiger partial charge on any atom is -0.323 e. The first-order chi connectivity index (χ1) is 12.0. The number of anilines is 1. The monoisotopic (exact) mass is 377 g/mol. The number of halogens is 1. The van der Waals surface area contributed by atoms with Crippen LogP contribution in [0.2, 0.25) is 5.02 Å². The number of carbonyl (C=O) groups excluding carboxylic acids is 1. The minimum absolute atomic E-state index is 0.193. The van der Waals surface area contributed by atoms with E-state index in [1.165, 1.54) is 20.5 Å². The molecule has 130 valence electrons. The van der Waals surface area contributed by atoms with Crippen LogP contribution in [0.15, 0.2) is 45.3 Å². The Morgan fingerprint density at radius 1 is 1.20 bits per heavy atom. The summed E-state index contributed by atoms with van der Waals surface area (Å²) in [7, 11) is 0. The zero-order chi connectivity index (χ0) is 18.0. The second-order valence-corrected chi connectivity index (χ2v) is 6.81. The fourth-order valence-electron chi connectivity index (χ4n) is 2.60. The van der Waals surface area contributed by atoms with Crippen LogP contribution in [-0.4, -0.2) is 15.0 Å². The molecule has 2 heterocycles. The highest BCUT2D eigenvalue weighted by molar-refractivity contribution is 7.17. The number of hydrogen-bond acceptors (Lipinski definition) is 4. The molecule has 0 aliphatic carbocycles. The lowest BCUT2D eigenvalue weighted by molar-refractivity contribution is -0.116. The highest BCUT2D eigenvalue weighted by Crippen LogP contribution is 2.20. The molecule has 1 aromatic carbocycles. The van der Waals surface area contributed by atoms with Gasteiger partial charge in [-0.25, -0.2) is 4.79 Å². The molecule has 2 aromatic heterocycles. The lowest BCUT2D eigenvalue weighted by atomic mass is 10.3. The second-order valence-electron chi connectivity index (χ2n) is 5.49. The number of fused-ring (bicyclic) bond motifs is 1. The third kappa shape index (κ3) is 3.38. The van der Waals surface area contributed by atoms with E-state index in [2.05, 4.69) is 5.32 Å². The second kappa shape index (κ2) is 7.25. The maximum atomic E-state index is 12.7. The Morgan fingerprint density at radius 2 is 1.96 bits per heavy atom. The predicted molar refractivity (Wildman–Crippen MR) is 101 cm³/mol. The average molecular weight is 378 g/mol. The highest BCUT2D eigenvalue weighted by atomic mass is 35.5. The van der Waals surface area contributed by atoms with Crippen molar-refractivity contribution in [3.05, 3.63) is 61.6 Å². The topological polar surface area (TPSA) is 73.1 Å². The van der Waals surface area contributed by atoms with Crippen LogP contribution in [0.3, 0.4) is 0 Å². The summed E-state index contributed by atoms with van der Waals surface area (Å²) in [6.45, 7) is 2.01. The van der Waals surface area contributed by atoms with Crippen molar-refractivity contribution in [2.75, 3.05) is 5.32 Å². The summed E-state index contributed by atoms with van der Waals surface area (Å²) in [5, 5.41) is 4.85. The summed E-state index contributed by atoms with van der Waals surface area (Å²) < 4.78 is 2.98. The third-order valence-corrected chi connectivity index (χ3v) is 4.95. The summed E-state index contributed by atoms with van der Waals surface area (Å²) in [6, 6.07) is 8.55. The van der Waals surface area contributed by atoms with E-state index in [-0.39, 0.29) is 18.0 Å². The molecule has 25 heavy (non-hydrogen) atoms. The number of para-hydroxylation sites is 1. The van der Waals surface area contributed by atoms with Crippen molar-refractivity contribution in [1.82, 2.24) is 9.13 Å². The molecular weight excluding hydrogens is 362 g/mol. The van der Waals surface area contributed by atoms with Crippen molar-refractivity contribution in [2.24, 2.45) is 0 Å². The summed E-state index contributed by atoms with van der Waals surface area (Å²) >= 11 is 7.30. The molecule has 3 rings (SSSR count). The van der Waals surface area contributed by atoms with Crippen molar-refractivity contribution in [1.29, 1.82) is 0 Å². The first-order valence-corrected chi connectivity index (χ1v) is 9.04. The van der Waals surface area contributed by atoms with E-state index in [0.29, 0.717) is 33.9 Å². The first kappa shape index (κ1) is 17.4. The van der Waals surface area contributed by atoms with Gasteiger partial charge in [0, 0.05) is 6.54 Å². The standard InChI is InChI=1S/C17H16ClN3O3S/c1-2-8-20-16(23)15-13(7-9-25-15)21(17(20)24)10-14(22)19-12-6-4-3-5-11(12)18/h3-7,9H,2,8,10H2,1H3,(H,19,22). The Labute approximate surface area is 152 Å².